The van der Waals surface area contributed by atoms with Crippen molar-refractivity contribution in [2.45, 2.75) is 333 Å². The van der Waals surface area contributed by atoms with Gasteiger partial charge in [-0.25, -0.2) is 9.59 Å². The molecule has 570 valence electrons. The summed E-state index contributed by atoms with van der Waals surface area (Å²) in [6, 6.07) is 0. The minimum Gasteiger partial charge on any atom is -0.458 e. The van der Waals surface area contributed by atoms with Crippen LogP contribution in [0.4, 0.5) is 0 Å². The molecule has 0 amide bonds. The number of hydrogen-bond donors (Lipinski definition) is 9. The van der Waals surface area contributed by atoms with E-state index in [9.17, 15) is 55.5 Å². The Morgan fingerprint density at radius 1 is 0.465 bits per heavy atom. The molecule has 2 fully saturated rings. The summed E-state index contributed by atoms with van der Waals surface area (Å²) < 4.78 is 61.2. The summed E-state index contributed by atoms with van der Waals surface area (Å²) >= 11 is 0. The molecule has 0 aromatic rings. The molecule has 99 heavy (non-hydrogen) atoms. The molecule has 9 N–H and O–H groups in total. The van der Waals surface area contributed by atoms with Gasteiger partial charge in [-0.2, -0.15) is 0 Å². The smallest absolute Gasteiger partial charge is 0.331 e. The number of aliphatic hydroxyl groups is 9. The van der Waals surface area contributed by atoms with Crippen LogP contribution in [0.1, 0.15) is 192 Å². The van der Waals surface area contributed by atoms with Gasteiger partial charge >= 0.3 is 11.9 Å². The van der Waals surface area contributed by atoms with E-state index in [4.69, 9.17) is 47.4 Å². The van der Waals surface area contributed by atoms with Gasteiger partial charge in [-0.1, -0.05) is 115 Å². The molecule has 0 aliphatic carbocycles. The second kappa shape index (κ2) is 43.2. The third-order valence-electron chi connectivity index (χ3n) is 22.3. The highest BCUT2D eigenvalue weighted by Crippen LogP contribution is 2.37. The normalized spacial score (nSPS) is 41.5. The van der Waals surface area contributed by atoms with E-state index in [0.29, 0.717) is 62.5 Å². The van der Waals surface area contributed by atoms with Gasteiger partial charge in [-0.05, 0) is 123 Å². The number of carbonyl (C=O) groups excluding carboxylic acids is 2. The maximum Gasteiger partial charge on any atom is 0.331 e. The Morgan fingerprint density at radius 3 is 1.28 bits per heavy atom. The molecule has 5 aliphatic heterocycles. The fraction of sp³-hybridized carbons (Fsp3) is 0.821. The summed E-state index contributed by atoms with van der Waals surface area (Å²) in [6.07, 6.45) is 9.79. The minimum absolute atomic E-state index is 0.0219. The molecule has 0 aromatic heterocycles. The first kappa shape index (κ1) is 86.3. The highest BCUT2D eigenvalue weighted by molar-refractivity contribution is 5.83. The van der Waals surface area contributed by atoms with E-state index >= 15 is 0 Å². The van der Waals surface area contributed by atoms with Crippen LogP contribution in [0, 0.1) is 47.3 Å². The van der Waals surface area contributed by atoms with Crippen LogP contribution >= 0.6 is 0 Å². The topological polar surface area (TPSA) is 309 Å². The number of methoxy groups -OCH3 is 4. The summed E-state index contributed by atoms with van der Waals surface area (Å²) in [6.45, 7) is 22.2. The van der Waals surface area contributed by atoms with Crippen molar-refractivity contribution < 1.29 is 103 Å². The van der Waals surface area contributed by atoms with Gasteiger partial charge in [0.15, 0.2) is 0 Å². The molecular formula is C78H132O21. The summed E-state index contributed by atoms with van der Waals surface area (Å²) in [5.74, 6) is -5.84. The maximum absolute atomic E-state index is 13.9. The fourth-order valence-electron chi connectivity index (χ4n) is 15.4. The van der Waals surface area contributed by atoms with Gasteiger partial charge in [0.1, 0.15) is 12.2 Å². The highest BCUT2D eigenvalue weighted by Gasteiger charge is 2.43. The molecule has 0 aromatic carbocycles. The number of cyclic esters (lactones) is 2. The van der Waals surface area contributed by atoms with E-state index in [1.54, 1.807) is 69.1 Å². The van der Waals surface area contributed by atoms with Gasteiger partial charge in [0.2, 0.25) is 0 Å². The van der Waals surface area contributed by atoms with Crippen molar-refractivity contribution in [3.8, 4) is 0 Å². The first-order valence-electron chi connectivity index (χ1n) is 37.2. The monoisotopic (exact) mass is 1400 g/mol. The predicted octanol–water partition coefficient (Wildman–Crippen LogP) is 9.08. The quantitative estimate of drug-likeness (QED) is 0.0514. The predicted molar refractivity (Wildman–Crippen MR) is 379 cm³/mol. The zero-order chi connectivity index (χ0) is 73.4. The van der Waals surface area contributed by atoms with Crippen molar-refractivity contribution in [3.63, 3.8) is 0 Å². The number of fused-ring (bicyclic) bond motifs is 4. The number of aliphatic hydroxyl groups excluding tert-OH is 9. The molecule has 0 spiro atoms. The number of carbonyl (C=O) groups is 2. The lowest BCUT2D eigenvalue weighted by molar-refractivity contribution is -0.158. The molecule has 4 unspecified atom stereocenters. The summed E-state index contributed by atoms with van der Waals surface area (Å²) in [5.41, 5.74) is 1.12. The third-order valence-corrected chi connectivity index (χ3v) is 22.3. The van der Waals surface area contributed by atoms with Gasteiger partial charge in [-0.15, -0.1) is 0 Å². The van der Waals surface area contributed by atoms with E-state index in [-0.39, 0.29) is 86.7 Å². The Balaban J connectivity index is 1.38. The third kappa shape index (κ3) is 28.3. The summed E-state index contributed by atoms with van der Waals surface area (Å²) in [5, 5.41) is 106. The molecule has 4 bridgehead atoms. The molecule has 2 saturated heterocycles. The average molecular weight is 1410 g/mol. The van der Waals surface area contributed by atoms with Crippen LogP contribution in [0.15, 0.2) is 71.9 Å². The fourth-order valence-corrected chi connectivity index (χ4v) is 15.4. The van der Waals surface area contributed by atoms with Crippen molar-refractivity contribution in [1.82, 2.24) is 0 Å². The second-order valence-corrected chi connectivity index (χ2v) is 30.5. The van der Waals surface area contributed by atoms with Gasteiger partial charge in [-0.3, -0.25) is 0 Å². The first-order chi connectivity index (χ1) is 46.8. The van der Waals surface area contributed by atoms with Gasteiger partial charge in [0.05, 0.1) is 128 Å². The van der Waals surface area contributed by atoms with Crippen molar-refractivity contribution in [2.24, 2.45) is 47.3 Å². The molecule has 0 saturated carbocycles. The Morgan fingerprint density at radius 2 is 0.869 bits per heavy atom. The van der Waals surface area contributed by atoms with Crippen LogP contribution in [0.2, 0.25) is 0 Å². The molecule has 5 aliphatic rings. The lowest BCUT2D eigenvalue weighted by Crippen LogP contribution is -2.45. The van der Waals surface area contributed by atoms with Crippen LogP contribution in [0.3, 0.4) is 0 Å². The molecule has 31 atom stereocenters. The Hall–Kier alpha value is -3.30. The molecule has 21 heteroatoms. The molecule has 0 radical (unpaired) electrons. The zero-order valence-electron chi connectivity index (χ0n) is 62.6. The number of hydrogen-bond acceptors (Lipinski definition) is 21. The zero-order valence-corrected chi connectivity index (χ0v) is 62.6. The average Bonchev–Trinajstić information content (AvgIpc) is 0.869. The largest absolute Gasteiger partial charge is 0.458 e. The number of rotatable bonds is 16. The Bertz CT molecular complexity index is 2520. The minimum atomic E-state index is -1.36. The van der Waals surface area contributed by atoms with Crippen LogP contribution < -0.4 is 0 Å². The number of ether oxygens (including phenoxy) is 10. The van der Waals surface area contributed by atoms with E-state index < -0.39 is 145 Å². The lowest BCUT2D eigenvalue weighted by atomic mass is 9.78. The molecular weight excluding hydrogens is 1270 g/mol. The van der Waals surface area contributed by atoms with E-state index in [1.807, 2.05) is 78.8 Å². The van der Waals surface area contributed by atoms with Gasteiger partial charge in [0.25, 0.3) is 0 Å². The molecule has 21 nitrogen and oxygen atoms in total. The van der Waals surface area contributed by atoms with Crippen LogP contribution in [0.5, 0.6) is 0 Å². The second-order valence-electron chi connectivity index (χ2n) is 30.5. The first-order valence-corrected chi connectivity index (χ1v) is 37.2. The van der Waals surface area contributed by atoms with E-state index in [0.717, 1.165) is 25.7 Å². The Labute approximate surface area is 592 Å². The van der Waals surface area contributed by atoms with Crippen LogP contribution in [-0.2, 0) is 57.0 Å². The Kier molecular flexibility index (Phi) is 37.7. The van der Waals surface area contributed by atoms with Crippen molar-refractivity contribution in [1.29, 1.82) is 0 Å². The SMILES string of the molecule is CO[C@H]1CC(CC[C@H](C)[C@H](O)[C@H](C)C2OC(=O)/C=C/C(C)=C/C[C@H](O)C[C@H]3C=CC[C@@H](C[C@@H](OC)[C@H](C)[C@@H](O)C[C@@H](O)[C@H](C)C([C@@H](C)[C@@H](O)[C@@H](C)CC[C@H]4C[C@H](OC)C[C@H](C)O4)OC(=O)/C=C/C(C)=C/C(O)[C@H](O)C[C@H]4C=CC[C@@H](C[C@@H](OC)[C@H](C)[C@@H](O)C[C@@H](O)[C@@H]2C)O4)O3)O[C@@H](C)C1. The number of allylic oxidation sites excluding steroid dienone is 4. The maximum atomic E-state index is 13.9. The van der Waals surface area contributed by atoms with Gasteiger partial charge in [0, 0.05) is 102 Å². The van der Waals surface area contributed by atoms with E-state index in [2.05, 4.69) is 0 Å². The van der Waals surface area contributed by atoms with Crippen LogP contribution in [0.25, 0.3) is 0 Å². The summed E-state index contributed by atoms with van der Waals surface area (Å²) in [7, 11) is 6.52. The highest BCUT2D eigenvalue weighted by atomic mass is 16.6. The van der Waals surface area contributed by atoms with Gasteiger partial charge < -0.3 is 93.3 Å². The summed E-state index contributed by atoms with van der Waals surface area (Å²) in [4.78, 5) is 27.8. The van der Waals surface area contributed by atoms with E-state index in [1.165, 1.54) is 24.3 Å². The molecule has 5 heterocycles. The van der Waals surface area contributed by atoms with Crippen molar-refractivity contribution in [2.75, 3.05) is 28.4 Å². The molecule has 5 rings (SSSR count). The lowest BCUT2D eigenvalue weighted by Gasteiger charge is -2.38. The number of esters is 2. The van der Waals surface area contributed by atoms with Crippen molar-refractivity contribution in [3.05, 3.63) is 71.9 Å². The standard InChI is InChI=1S/C78H132O21/c1-44-23-28-56(79)36-57-19-17-21-59(96-57)40-71(92-15)50(7)65(80)42-68(83)53(10)78(55(12)76(89)47(4)27-30-62-38-64(91-14)35-49(6)95-62)99-74(87)32-25-45(2)33-69(84)70(85)39-58-20-18-22-60(97-58)41-72(93-16)51(8)66(81)43-67(82)52(9)77(98-73(86)31-24-44)54(11)75(88)46(3)26-29-61-37-63(90-13)34-48(5)94-61/h17-20,23-25,31-33,46-72,75-85,88-89H,21-22,26-30,34-43H2,1-16H3/b31-24+,32-25+,44-23+,45-33+/t46-,47-,48-,49-,50+,51+,52-,53-,54-,55-,56-,57+,58+,59-,60-,61?,62-,63+,64+,65-,66-,67+,68+,69?,70+,71+,72+,75-,76-,77?,78?/m0/s1. The van der Waals surface area contributed by atoms with Crippen molar-refractivity contribution >= 4 is 11.9 Å². The van der Waals surface area contributed by atoms with Crippen LogP contribution in [-0.4, -0.2) is 227 Å².